The van der Waals surface area contributed by atoms with Gasteiger partial charge in [-0.3, -0.25) is 0 Å². The molecule has 2 heterocycles. The van der Waals surface area contributed by atoms with Crippen LogP contribution in [-0.4, -0.2) is 13.4 Å². The van der Waals surface area contributed by atoms with Gasteiger partial charge in [-0.15, -0.1) is 0 Å². The molecule has 0 N–H and O–H groups in total. The fourth-order valence-electron chi connectivity index (χ4n) is 2.51. The predicted molar refractivity (Wildman–Crippen MR) is 102 cm³/mol. The molecular formula is C20H13F2NO4S2. The van der Waals surface area contributed by atoms with E-state index in [0.717, 1.165) is 29.5 Å². The van der Waals surface area contributed by atoms with Crippen LogP contribution in [0.1, 0.15) is 5.56 Å². The molecule has 0 fully saturated rings. The van der Waals surface area contributed by atoms with Gasteiger partial charge in [-0.1, -0.05) is 23.9 Å². The molecule has 0 aliphatic heterocycles. The van der Waals surface area contributed by atoms with Crippen molar-refractivity contribution in [3.8, 4) is 11.7 Å². The Morgan fingerprint density at radius 1 is 0.931 bits per heavy atom. The Bertz CT molecular complexity index is 1220. The molecule has 29 heavy (non-hydrogen) atoms. The first-order valence-electron chi connectivity index (χ1n) is 8.36. The summed E-state index contributed by atoms with van der Waals surface area (Å²) in [7, 11) is -4.06. The summed E-state index contributed by atoms with van der Waals surface area (Å²) in [4.78, 5) is 4.02. The van der Waals surface area contributed by atoms with E-state index >= 15 is 0 Å². The quantitative estimate of drug-likeness (QED) is 0.302. The van der Waals surface area contributed by atoms with E-state index in [0.29, 0.717) is 5.75 Å². The van der Waals surface area contributed by atoms with E-state index in [1.807, 2.05) is 0 Å². The standard InChI is InChI=1S/C20H13F2NO4S2/c21-14-5-3-13(4-6-14)12-28-20-19(23-18(27-20)17-2-1-11-26-17)29(24,25)16-9-7-15(22)8-10-16/h1-11H,12H2. The average molecular weight is 433 g/mol. The normalized spacial score (nSPS) is 11.7. The van der Waals surface area contributed by atoms with Crippen LogP contribution in [0.5, 0.6) is 0 Å². The highest BCUT2D eigenvalue weighted by Gasteiger charge is 2.29. The van der Waals surface area contributed by atoms with Gasteiger partial charge in [0.15, 0.2) is 5.76 Å². The molecule has 5 nitrogen and oxygen atoms in total. The van der Waals surface area contributed by atoms with Crippen molar-refractivity contribution in [2.24, 2.45) is 0 Å². The summed E-state index contributed by atoms with van der Waals surface area (Å²) in [5, 5.41) is -0.229. The van der Waals surface area contributed by atoms with Crippen LogP contribution >= 0.6 is 11.8 Å². The fraction of sp³-hybridized carbons (Fsp3) is 0.0500. The Hall–Kier alpha value is -2.91. The predicted octanol–water partition coefficient (Wildman–Crippen LogP) is 5.34. The Labute approximate surface area is 169 Å². The van der Waals surface area contributed by atoms with E-state index in [1.54, 1.807) is 24.3 Å². The minimum atomic E-state index is -4.06. The number of furan rings is 1. The second kappa shape index (κ2) is 7.84. The van der Waals surface area contributed by atoms with Gasteiger partial charge in [0.25, 0.3) is 5.89 Å². The fourth-order valence-corrected chi connectivity index (χ4v) is 5.00. The lowest BCUT2D eigenvalue weighted by atomic mass is 10.2. The number of aromatic nitrogens is 1. The molecule has 4 aromatic rings. The Morgan fingerprint density at radius 3 is 2.21 bits per heavy atom. The molecule has 2 aromatic carbocycles. The molecule has 0 bridgehead atoms. The van der Waals surface area contributed by atoms with Crippen molar-refractivity contribution in [3.63, 3.8) is 0 Å². The zero-order valence-corrected chi connectivity index (χ0v) is 16.3. The van der Waals surface area contributed by atoms with Crippen molar-refractivity contribution < 1.29 is 26.0 Å². The molecule has 4 rings (SSSR count). The minimum Gasteiger partial charge on any atom is -0.459 e. The van der Waals surface area contributed by atoms with Crippen LogP contribution in [0.2, 0.25) is 0 Å². The maximum atomic E-state index is 13.2. The summed E-state index contributed by atoms with van der Waals surface area (Å²) in [5.74, 6) is -0.296. The molecular weight excluding hydrogens is 420 g/mol. The molecule has 0 aliphatic rings. The van der Waals surface area contributed by atoms with Gasteiger partial charge >= 0.3 is 0 Å². The molecule has 0 radical (unpaired) electrons. The molecule has 2 aromatic heterocycles. The minimum absolute atomic E-state index is 0.0114. The Kier molecular flexibility index (Phi) is 5.25. The molecule has 0 amide bonds. The summed E-state index contributed by atoms with van der Waals surface area (Å²) in [6.07, 6.45) is 1.42. The summed E-state index contributed by atoms with van der Waals surface area (Å²) >= 11 is 1.10. The zero-order valence-electron chi connectivity index (χ0n) is 14.7. The topological polar surface area (TPSA) is 73.3 Å². The van der Waals surface area contributed by atoms with Gasteiger partial charge in [-0.05, 0) is 54.1 Å². The summed E-state index contributed by atoms with van der Waals surface area (Å²) in [5.41, 5.74) is 0.775. The number of sulfone groups is 1. The first-order chi connectivity index (χ1) is 13.9. The van der Waals surface area contributed by atoms with Crippen LogP contribution < -0.4 is 0 Å². The monoisotopic (exact) mass is 433 g/mol. The van der Waals surface area contributed by atoms with Crippen LogP contribution in [0.3, 0.4) is 0 Å². The van der Waals surface area contributed by atoms with Crippen molar-refractivity contribution in [2.75, 3.05) is 0 Å². The third kappa shape index (κ3) is 4.10. The summed E-state index contributed by atoms with van der Waals surface area (Å²) in [6.45, 7) is 0. The van der Waals surface area contributed by atoms with E-state index in [9.17, 15) is 17.2 Å². The highest BCUT2D eigenvalue weighted by Crippen LogP contribution is 2.36. The largest absolute Gasteiger partial charge is 0.459 e. The van der Waals surface area contributed by atoms with Gasteiger partial charge < -0.3 is 8.83 Å². The van der Waals surface area contributed by atoms with Crippen molar-refractivity contribution in [1.29, 1.82) is 0 Å². The highest BCUT2D eigenvalue weighted by molar-refractivity contribution is 7.99. The van der Waals surface area contributed by atoms with Gasteiger partial charge in [0.05, 0.1) is 11.2 Å². The molecule has 0 saturated heterocycles. The molecule has 0 atom stereocenters. The number of hydrogen-bond acceptors (Lipinski definition) is 6. The number of oxazole rings is 1. The number of thioether (sulfide) groups is 1. The van der Waals surface area contributed by atoms with Crippen LogP contribution in [0, 0.1) is 11.6 Å². The summed E-state index contributed by atoms with van der Waals surface area (Å²) < 4.78 is 63.4. The lowest BCUT2D eigenvalue weighted by molar-refractivity contribution is 0.451. The second-order valence-electron chi connectivity index (χ2n) is 5.96. The number of hydrogen-bond donors (Lipinski definition) is 0. The molecule has 0 spiro atoms. The van der Waals surface area contributed by atoms with Gasteiger partial charge in [-0.2, -0.15) is 4.98 Å². The van der Waals surface area contributed by atoms with Gasteiger partial charge in [0.1, 0.15) is 11.6 Å². The van der Waals surface area contributed by atoms with Crippen LogP contribution in [0.15, 0.2) is 90.8 Å². The van der Waals surface area contributed by atoms with Crippen LogP contribution in [-0.2, 0) is 15.6 Å². The first kappa shape index (κ1) is 19.4. The van der Waals surface area contributed by atoms with E-state index in [1.165, 1.54) is 30.5 Å². The summed E-state index contributed by atoms with van der Waals surface area (Å²) in [6, 6.07) is 13.5. The van der Waals surface area contributed by atoms with E-state index in [2.05, 4.69) is 4.98 Å². The number of halogens is 2. The molecule has 9 heteroatoms. The van der Waals surface area contributed by atoms with E-state index in [-0.39, 0.29) is 32.5 Å². The lowest BCUT2D eigenvalue weighted by Gasteiger charge is -2.04. The Balaban J connectivity index is 1.73. The van der Waals surface area contributed by atoms with Crippen molar-refractivity contribution in [3.05, 3.63) is 84.1 Å². The van der Waals surface area contributed by atoms with Crippen LogP contribution in [0.4, 0.5) is 8.78 Å². The van der Waals surface area contributed by atoms with Crippen molar-refractivity contribution in [2.45, 2.75) is 20.8 Å². The molecule has 0 unspecified atom stereocenters. The van der Waals surface area contributed by atoms with E-state index < -0.39 is 15.7 Å². The second-order valence-corrected chi connectivity index (χ2v) is 8.77. The third-order valence-electron chi connectivity index (χ3n) is 3.96. The number of nitrogens with zero attached hydrogens (tertiary/aromatic N) is 1. The van der Waals surface area contributed by atoms with Crippen LogP contribution in [0.25, 0.3) is 11.7 Å². The maximum absolute atomic E-state index is 13.2. The number of benzene rings is 2. The van der Waals surface area contributed by atoms with Gasteiger partial charge in [-0.25, -0.2) is 17.2 Å². The molecule has 0 aliphatic carbocycles. The highest BCUT2D eigenvalue weighted by atomic mass is 32.2. The Morgan fingerprint density at radius 2 is 1.59 bits per heavy atom. The number of rotatable bonds is 6. The zero-order chi connectivity index (χ0) is 20.4. The third-order valence-corrected chi connectivity index (χ3v) is 6.79. The lowest BCUT2D eigenvalue weighted by Crippen LogP contribution is -2.04. The SMILES string of the molecule is O=S(=O)(c1ccc(F)cc1)c1nc(-c2ccco2)oc1SCc1ccc(F)cc1. The van der Waals surface area contributed by atoms with Gasteiger partial charge in [0.2, 0.25) is 20.0 Å². The smallest absolute Gasteiger partial charge is 0.265 e. The van der Waals surface area contributed by atoms with E-state index in [4.69, 9.17) is 8.83 Å². The maximum Gasteiger partial charge on any atom is 0.265 e. The average Bonchev–Trinajstić information content (AvgIpc) is 3.38. The first-order valence-corrected chi connectivity index (χ1v) is 10.8. The van der Waals surface area contributed by atoms with Crippen molar-refractivity contribution >= 4 is 21.6 Å². The van der Waals surface area contributed by atoms with Crippen molar-refractivity contribution in [1.82, 2.24) is 4.98 Å². The molecule has 0 saturated carbocycles. The van der Waals surface area contributed by atoms with Gasteiger partial charge in [0, 0.05) is 5.75 Å². The molecule has 148 valence electrons.